The summed E-state index contributed by atoms with van der Waals surface area (Å²) in [6.45, 7) is 0. The van der Waals surface area contributed by atoms with E-state index in [-0.39, 0.29) is 4.90 Å². The van der Waals surface area contributed by atoms with Crippen molar-refractivity contribution in [1.82, 2.24) is 0 Å². The lowest BCUT2D eigenvalue weighted by molar-refractivity contribution is 0.534. The molecule has 0 radical (unpaired) electrons. The number of halogens is 1. The van der Waals surface area contributed by atoms with Gasteiger partial charge in [0.1, 0.15) is 0 Å². The van der Waals surface area contributed by atoms with Gasteiger partial charge in [-0.3, -0.25) is 4.21 Å². The summed E-state index contributed by atoms with van der Waals surface area (Å²) >= 11 is 9.76. The van der Waals surface area contributed by atoms with Crippen molar-refractivity contribution in [2.45, 2.75) is 4.90 Å². The molecule has 0 bridgehead atoms. The van der Waals surface area contributed by atoms with Crippen molar-refractivity contribution in [2.75, 3.05) is 0 Å². The fourth-order valence-corrected chi connectivity index (χ4v) is 1.71. The van der Waals surface area contributed by atoms with Gasteiger partial charge in [-0.2, -0.15) is 0 Å². The normalized spacial score (nSPS) is 15.8. The summed E-state index contributed by atoms with van der Waals surface area (Å²) in [6.07, 6.45) is 0. The lowest BCUT2D eigenvalue weighted by Crippen LogP contribution is -1.95. The van der Waals surface area contributed by atoms with Crippen molar-refractivity contribution in [3.63, 3.8) is 0 Å². The first-order chi connectivity index (χ1) is 5.00. The molecule has 1 unspecified atom stereocenters. The van der Waals surface area contributed by atoms with Crippen LogP contribution in [0.15, 0.2) is 29.2 Å². The number of hydrogen-bond donors (Lipinski definition) is 0. The first kappa shape index (κ1) is 8.93. The van der Waals surface area contributed by atoms with Crippen LogP contribution in [0, 0.1) is 0 Å². The van der Waals surface area contributed by atoms with Crippen molar-refractivity contribution < 1.29 is 8.76 Å². The summed E-state index contributed by atoms with van der Waals surface area (Å²) in [4.78, 5) is 0.0694. The summed E-state index contributed by atoms with van der Waals surface area (Å²) in [7, 11) is -3.53. The molecule has 1 aromatic carbocycles. The Labute approximate surface area is 74.7 Å². The van der Waals surface area contributed by atoms with Crippen LogP contribution in [0.5, 0.6) is 0 Å². The van der Waals surface area contributed by atoms with Crippen molar-refractivity contribution in [2.24, 2.45) is 0 Å². The van der Waals surface area contributed by atoms with Crippen LogP contribution in [0.25, 0.3) is 0 Å². The van der Waals surface area contributed by atoms with Crippen LogP contribution < -0.4 is 0 Å². The Morgan fingerprint density at radius 2 is 2.18 bits per heavy atom. The minimum Gasteiger partial charge on any atom is -0.766 e. The Kier molecular flexibility index (Phi) is 2.49. The van der Waals surface area contributed by atoms with Gasteiger partial charge in [-0.15, -0.1) is 0 Å². The molecule has 0 N–H and O–H groups in total. The number of benzene rings is 1. The highest BCUT2D eigenvalue weighted by molar-refractivity contribution is 8.29. The van der Waals surface area contributed by atoms with E-state index in [1.165, 1.54) is 12.1 Å². The van der Waals surface area contributed by atoms with Gasteiger partial charge in [0.2, 0.25) is 0 Å². The van der Waals surface area contributed by atoms with Crippen LogP contribution in [0.4, 0.5) is 0 Å². The third kappa shape index (κ3) is 2.41. The van der Waals surface area contributed by atoms with Crippen molar-refractivity contribution in [3.8, 4) is 0 Å². The predicted octanol–water partition coefficient (Wildman–Crippen LogP) is 1.58. The molecule has 0 aliphatic heterocycles. The van der Waals surface area contributed by atoms with Crippen molar-refractivity contribution in [1.29, 1.82) is 0 Å². The van der Waals surface area contributed by atoms with Gasteiger partial charge >= 0.3 is 0 Å². The third-order valence-electron chi connectivity index (χ3n) is 1.08. The molecule has 0 aliphatic rings. The second-order valence-electron chi connectivity index (χ2n) is 1.91. The lowest BCUT2D eigenvalue weighted by Gasteiger charge is -2.09. The van der Waals surface area contributed by atoms with Gasteiger partial charge in [-0.1, -0.05) is 17.7 Å². The Bertz CT molecular complexity index is 359. The fourth-order valence-electron chi connectivity index (χ4n) is 0.623. The number of rotatable bonds is 1. The van der Waals surface area contributed by atoms with Gasteiger partial charge < -0.3 is 4.55 Å². The highest BCUT2D eigenvalue weighted by Crippen LogP contribution is 2.14. The van der Waals surface area contributed by atoms with Crippen LogP contribution in [0.1, 0.15) is 0 Å². The van der Waals surface area contributed by atoms with E-state index in [4.69, 9.17) is 11.6 Å². The van der Waals surface area contributed by atoms with Crippen LogP contribution in [-0.4, -0.2) is 8.76 Å². The zero-order chi connectivity index (χ0) is 8.48. The van der Waals surface area contributed by atoms with Gasteiger partial charge in [-0.25, -0.2) is 0 Å². The van der Waals surface area contributed by atoms with E-state index in [0.717, 1.165) is 0 Å². The molecular formula is C6H4ClO2S2-. The molecule has 1 aromatic rings. The molecule has 11 heavy (non-hydrogen) atoms. The van der Waals surface area contributed by atoms with E-state index >= 15 is 0 Å². The molecule has 0 fully saturated rings. The van der Waals surface area contributed by atoms with E-state index in [1.807, 2.05) is 0 Å². The molecule has 5 heteroatoms. The summed E-state index contributed by atoms with van der Waals surface area (Å²) < 4.78 is 21.5. The van der Waals surface area contributed by atoms with Gasteiger partial charge in [0.25, 0.3) is 0 Å². The Morgan fingerprint density at radius 3 is 2.55 bits per heavy atom. The standard InChI is InChI=1S/C6H5ClO2S2/c7-5-2-1-3-6(4-5)11(8,9)10/h1-4H,(H,8,9,10)/p-1. The lowest BCUT2D eigenvalue weighted by atomic mass is 10.4. The highest BCUT2D eigenvalue weighted by Gasteiger charge is 1.96. The minimum atomic E-state index is -3.53. The summed E-state index contributed by atoms with van der Waals surface area (Å²) in [5.74, 6) is 0. The number of hydrogen-bond acceptors (Lipinski definition) is 3. The molecule has 1 rings (SSSR count). The smallest absolute Gasteiger partial charge is 0.0417 e. The molecule has 1 atom stereocenters. The second kappa shape index (κ2) is 3.06. The van der Waals surface area contributed by atoms with Crippen molar-refractivity contribution in [3.05, 3.63) is 29.3 Å². The third-order valence-corrected chi connectivity index (χ3v) is 2.73. The Morgan fingerprint density at radius 1 is 1.55 bits per heavy atom. The van der Waals surface area contributed by atoms with E-state index in [1.54, 1.807) is 12.1 Å². The largest absolute Gasteiger partial charge is 0.766 e. The van der Waals surface area contributed by atoms with Crippen molar-refractivity contribution >= 4 is 31.6 Å². The first-order valence-corrected chi connectivity index (χ1v) is 5.50. The summed E-state index contributed by atoms with van der Waals surface area (Å²) in [6, 6.07) is 5.87. The van der Waals surface area contributed by atoms with Gasteiger partial charge in [0.15, 0.2) is 0 Å². The molecule has 2 nitrogen and oxygen atoms in total. The molecule has 0 heterocycles. The van der Waals surface area contributed by atoms with E-state index < -0.39 is 8.77 Å². The van der Waals surface area contributed by atoms with E-state index in [2.05, 4.69) is 11.2 Å². The highest BCUT2D eigenvalue weighted by atomic mass is 35.5. The van der Waals surface area contributed by atoms with Gasteiger partial charge in [-0.05, 0) is 38.2 Å². The molecule has 0 saturated heterocycles. The van der Waals surface area contributed by atoms with Crippen LogP contribution >= 0.6 is 11.6 Å². The molecule has 0 aromatic heterocycles. The topological polar surface area (TPSA) is 40.1 Å². The van der Waals surface area contributed by atoms with Gasteiger partial charge in [0.05, 0.1) is 0 Å². The Hall–Kier alpha value is -0.160. The summed E-state index contributed by atoms with van der Waals surface area (Å²) in [5.41, 5.74) is 0. The van der Waals surface area contributed by atoms with Crippen LogP contribution in [-0.2, 0) is 20.0 Å². The molecule has 0 aliphatic carbocycles. The molecule has 0 saturated carbocycles. The average molecular weight is 208 g/mol. The zero-order valence-electron chi connectivity index (χ0n) is 5.32. The molecular weight excluding hydrogens is 204 g/mol. The SMILES string of the molecule is O=S([O-])(=S)c1cccc(Cl)c1. The van der Waals surface area contributed by atoms with E-state index in [9.17, 15) is 8.76 Å². The molecule has 60 valence electrons. The monoisotopic (exact) mass is 207 g/mol. The minimum absolute atomic E-state index is 0.0694. The average Bonchev–Trinajstić information content (AvgIpc) is 1.86. The van der Waals surface area contributed by atoms with Gasteiger partial charge in [0, 0.05) is 9.92 Å². The van der Waals surface area contributed by atoms with Crippen LogP contribution in [0.2, 0.25) is 5.02 Å². The first-order valence-electron chi connectivity index (χ1n) is 2.71. The Balaban J connectivity index is 3.28. The second-order valence-corrected chi connectivity index (χ2v) is 5.04. The summed E-state index contributed by atoms with van der Waals surface area (Å²) in [5, 5.41) is 0.371. The quantitative estimate of drug-likeness (QED) is 0.702. The maximum atomic E-state index is 10.7. The van der Waals surface area contributed by atoms with Crippen LogP contribution in [0.3, 0.4) is 0 Å². The molecule has 0 amide bonds. The maximum absolute atomic E-state index is 10.7. The molecule has 0 spiro atoms. The maximum Gasteiger partial charge on any atom is 0.0417 e. The fraction of sp³-hybridized carbons (Fsp3) is 0. The van der Waals surface area contributed by atoms with E-state index in [0.29, 0.717) is 5.02 Å². The zero-order valence-corrected chi connectivity index (χ0v) is 7.71. The predicted molar refractivity (Wildman–Crippen MR) is 46.0 cm³/mol.